The van der Waals surface area contributed by atoms with Crippen molar-refractivity contribution in [2.45, 2.75) is 24.8 Å². The number of hydrogen-bond donors (Lipinski definition) is 1. The summed E-state index contributed by atoms with van der Waals surface area (Å²) in [5.41, 5.74) is 0. The van der Waals surface area contributed by atoms with E-state index in [1.54, 1.807) is 6.07 Å². The first kappa shape index (κ1) is 15.0. The van der Waals surface area contributed by atoms with E-state index in [1.807, 2.05) is 13.8 Å². The van der Waals surface area contributed by atoms with Gasteiger partial charge in [0, 0.05) is 6.54 Å². The van der Waals surface area contributed by atoms with E-state index in [9.17, 15) is 8.42 Å². The van der Waals surface area contributed by atoms with Crippen molar-refractivity contribution < 1.29 is 13.2 Å². The highest BCUT2D eigenvalue weighted by molar-refractivity contribution is 7.89. The van der Waals surface area contributed by atoms with Crippen LogP contribution in [0, 0.1) is 0 Å². The Hall–Kier alpha value is -1.04. The molecule has 0 aliphatic heterocycles. The Labute approximate surface area is 113 Å². The van der Waals surface area contributed by atoms with Gasteiger partial charge in [0.15, 0.2) is 0 Å². The molecular weight excluding hydrogens is 274 g/mol. The van der Waals surface area contributed by atoms with Crippen LogP contribution in [0.2, 0.25) is 5.02 Å². The molecule has 0 fully saturated rings. The van der Waals surface area contributed by atoms with Crippen LogP contribution >= 0.6 is 11.6 Å². The average Bonchev–Trinajstić information content (AvgIpc) is 2.28. The molecule has 4 nitrogen and oxygen atoms in total. The molecule has 0 aliphatic rings. The maximum Gasteiger partial charge on any atom is 0.240 e. The van der Waals surface area contributed by atoms with Crippen LogP contribution in [-0.2, 0) is 10.0 Å². The van der Waals surface area contributed by atoms with Gasteiger partial charge in [-0.05, 0) is 32.0 Å². The second-order valence-corrected chi connectivity index (χ2v) is 6.07. The molecule has 0 aromatic heterocycles. The summed E-state index contributed by atoms with van der Waals surface area (Å²) in [7, 11) is -3.55. The third-order valence-corrected chi connectivity index (χ3v) is 3.71. The Morgan fingerprint density at radius 2 is 2.17 bits per heavy atom. The first-order chi connectivity index (χ1) is 8.36. The molecular formula is C12H16ClNO3S. The summed E-state index contributed by atoms with van der Waals surface area (Å²) in [5.74, 6) is 0.467. The van der Waals surface area contributed by atoms with Gasteiger partial charge in [-0.3, -0.25) is 0 Å². The van der Waals surface area contributed by atoms with Gasteiger partial charge in [-0.1, -0.05) is 17.7 Å². The molecule has 1 aromatic carbocycles. The molecule has 0 heterocycles. The molecule has 1 aromatic rings. The van der Waals surface area contributed by atoms with Crippen LogP contribution in [0.5, 0.6) is 5.75 Å². The molecule has 0 saturated carbocycles. The van der Waals surface area contributed by atoms with Crippen LogP contribution in [0.1, 0.15) is 13.8 Å². The van der Waals surface area contributed by atoms with Crippen LogP contribution in [0.25, 0.3) is 0 Å². The molecule has 1 rings (SSSR count). The third-order valence-electron chi connectivity index (χ3n) is 1.99. The van der Waals surface area contributed by atoms with Gasteiger partial charge in [0.1, 0.15) is 5.75 Å². The number of nitrogens with one attached hydrogen (secondary N) is 1. The van der Waals surface area contributed by atoms with E-state index in [2.05, 4.69) is 11.3 Å². The van der Waals surface area contributed by atoms with E-state index in [0.717, 1.165) is 0 Å². The van der Waals surface area contributed by atoms with Gasteiger partial charge in [-0.25, -0.2) is 13.1 Å². The van der Waals surface area contributed by atoms with Crippen molar-refractivity contribution in [2.75, 3.05) is 6.54 Å². The zero-order chi connectivity index (χ0) is 13.8. The normalized spacial score (nSPS) is 11.6. The second kappa shape index (κ2) is 6.22. The summed E-state index contributed by atoms with van der Waals surface area (Å²) in [6.45, 7) is 7.35. The highest BCUT2D eigenvalue weighted by Crippen LogP contribution is 2.28. The number of benzene rings is 1. The summed E-state index contributed by atoms with van der Waals surface area (Å²) >= 11 is 5.98. The van der Waals surface area contributed by atoms with E-state index in [-0.39, 0.29) is 22.6 Å². The summed E-state index contributed by atoms with van der Waals surface area (Å²) < 4.78 is 31.4. The van der Waals surface area contributed by atoms with Gasteiger partial charge in [0.2, 0.25) is 10.0 Å². The van der Waals surface area contributed by atoms with E-state index < -0.39 is 10.0 Å². The Morgan fingerprint density at radius 3 is 2.67 bits per heavy atom. The van der Waals surface area contributed by atoms with Gasteiger partial charge in [-0.15, -0.1) is 6.58 Å². The quantitative estimate of drug-likeness (QED) is 0.819. The fourth-order valence-corrected chi connectivity index (χ4v) is 2.56. The maximum atomic E-state index is 11.8. The van der Waals surface area contributed by atoms with Crippen molar-refractivity contribution in [1.82, 2.24) is 4.72 Å². The molecule has 6 heteroatoms. The zero-order valence-electron chi connectivity index (χ0n) is 10.3. The molecule has 100 valence electrons. The SMILES string of the molecule is C=CCNS(=O)(=O)c1ccc(OC(C)C)c(Cl)c1. The van der Waals surface area contributed by atoms with Crippen LogP contribution in [0.15, 0.2) is 35.7 Å². The van der Waals surface area contributed by atoms with Crippen molar-refractivity contribution in [3.05, 3.63) is 35.9 Å². The molecule has 0 aliphatic carbocycles. The lowest BCUT2D eigenvalue weighted by molar-refractivity contribution is 0.242. The maximum absolute atomic E-state index is 11.8. The minimum atomic E-state index is -3.55. The number of rotatable bonds is 6. The molecule has 18 heavy (non-hydrogen) atoms. The molecule has 0 radical (unpaired) electrons. The summed E-state index contributed by atoms with van der Waals surface area (Å²) in [6.07, 6.45) is 1.44. The molecule has 0 bridgehead atoms. The van der Waals surface area contributed by atoms with E-state index >= 15 is 0 Å². The van der Waals surface area contributed by atoms with E-state index in [0.29, 0.717) is 5.75 Å². The Morgan fingerprint density at radius 1 is 1.50 bits per heavy atom. The monoisotopic (exact) mass is 289 g/mol. The minimum absolute atomic E-state index is 0.0242. The Bertz CT molecular complexity index is 526. The topological polar surface area (TPSA) is 55.4 Å². The number of halogens is 1. The fraction of sp³-hybridized carbons (Fsp3) is 0.333. The Kier molecular flexibility index (Phi) is 5.19. The zero-order valence-corrected chi connectivity index (χ0v) is 11.9. The molecule has 0 saturated heterocycles. The van der Waals surface area contributed by atoms with Crippen LogP contribution in [0.4, 0.5) is 0 Å². The summed E-state index contributed by atoms with van der Waals surface area (Å²) in [6, 6.07) is 4.37. The highest BCUT2D eigenvalue weighted by Gasteiger charge is 2.15. The Balaban J connectivity index is 3.00. The standard InChI is InChI=1S/C12H16ClNO3S/c1-4-7-14-18(15,16)10-5-6-12(11(13)8-10)17-9(2)3/h4-6,8-9,14H,1,7H2,2-3H3. The lowest BCUT2D eigenvalue weighted by atomic mass is 10.3. The molecule has 0 unspecified atom stereocenters. The van der Waals surface area contributed by atoms with E-state index in [1.165, 1.54) is 18.2 Å². The number of ether oxygens (including phenoxy) is 1. The number of sulfonamides is 1. The molecule has 0 amide bonds. The predicted octanol–water partition coefficient (Wildman–Crippen LogP) is 2.59. The third kappa shape index (κ3) is 4.01. The summed E-state index contributed by atoms with van der Waals surface area (Å²) in [4.78, 5) is 0.102. The largest absolute Gasteiger partial charge is 0.489 e. The van der Waals surface area contributed by atoms with Crippen LogP contribution in [0.3, 0.4) is 0 Å². The van der Waals surface area contributed by atoms with Crippen molar-refractivity contribution >= 4 is 21.6 Å². The molecule has 1 N–H and O–H groups in total. The van der Waals surface area contributed by atoms with Crippen LogP contribution in [-0.4, -0.2) is 21.1 Å². The predicted molar refractivity (Wildman–Crippen MR) is 72.6 cm³/mol. The van der Waals surface area contributed by atoms with Gasteiger partial charge < -0.3 is 4.74 Å². The number of hydrogen-bond acceptors (Lipinski definition) is 3. The van der Waals surface area contributed by atoms with Crippen molar-refractivity contribution in [1.29, 1.82) is 0 Å². The van der Waals surface area contributed by atoms with Gasteiger partial charge in [0.25, 0.3) is 0 Å². The van der Waals surface area contributed by atoms with Crippen molar-refractivity contribution in [2.24, 2.45) is 0 Å². The van der Waals surface area contributed by atoms with Gasteiger partial charge in [-0.2, -0.15) is 0 Å². The lowest BCUT2D eigenvalue weighted by Crippen LogP contribution is -2.23. The highest BCUT2D eigenvalue weighted by atomic mass is 35.5. The fourth-order valence-electron chi connectivity index (χ4n) is 1.25. The van der Waals surface area contributed by atoms with Crippen molar-refractivity contribution in [3.63, 3.8) is 0 Å². The summed E-state index contributed by atoms with van der Waals surface area (Å²) in [5, 5.41) is 0.269. The van der Waals surface area contributed by atoms with E-state index in [4.69, 9.17) is 16.3 Å². The first-order valence-corrected chi connectivity index (χ1v) is 7.29. The lowest BCUT2D eigenvalue weighted by Gasteiger charge is -2.12. The second-order valence-electron chi connectivity index (χ2n) is 3.90. The van der Waals surface area contributed by atoms with Gasteiger partial charge >= 0.3 is 0 Å². The van der Waals surface area contributed by atoms with Crippen LogP contribution < -0.4 is 9.46 Å². The van der Waals surface area contributed by atoms with Crippen molar-refractivity contribution in [3.8, 4) is 5.75 Å². The minimum Gasteiger partial charge on any atom is -0.489 e. The molecule has 0 spiro atoms. The smallest absolute Gasteiger partial charge is 0.240 e. The first-order valence-electron chi connectivity index (χ1n) is 5.43. The van der Waals surface area contributed by atoms with Gasteiger partial charge in [0.05, 0.1) is 16.0 Å². The molecule has 0 atom stereocenters. The average molecular weight is 290 g/mol.